The lowest BCUT2D eigenvalue weighted by atomic mass is 10.2. The Balaban J connectivity index is 2.17. The molecule has 1 aromatic heterocycles. The van der Waals surface area contributed by atoms with Crippen LogP contribution in [0, 0.1) is 12.7 Å². The highest BCUT2D eigenvalue weighted by Gasteiger charge is 2.10. The number of aromatic nitrogens is 1. The molecule has 0 saturated carbocycles. The number of rotatable bonds is 2. The molecule has 88 valence electrons. The Hall–Kier alpha value is -1.95. The largest absolute Gasteiger partial charge is 0.389 e. The molecule has 2 aromatic rings. The van der Waals surface area contributed by atoms with Gasteiger partial charge in [0.25, 0.3) is 5.91 Å². The quantitative estimate of drug-likeness (QED) is 0.861. The fraction of sp³-hybridized carbons (Fsp3) is 0.0909. The number of nitrogens with two attached hydrogens (primary N) is 1. The molecule has 0 fully saturated rings. The minimum atomic E-state index is -0.451. The molecule has 0 aliphatic carbocycles. The monoisotopic (exact) mass is 251 g/mol. The van der Waals surface area contributed by atoms with Gasteiger partial charge in [0.05, 0.1) is 5.69 Å². The number of carbonyl (C=O) groups excluding carboxylic acids is 1. The van der Waals surface area contributed by atoms with Gasteiger partial charge in [-0.3, -0.25) is 10.1 Å². The summed E-state index contributed by atoms with van der Waals surface area (Å²) in [4.78, 5) is 15.8. The second-order valence-corrected chi connectivity index (χ2v) is 4.46. The Bertz CT molecular complexity index is 548. The average Bonchev–Trinajstić information content (AvgIpc) is 2.58. The molecule has 0 unspecified atom stereocenters. The van der Waals surface area contributed by atoms with E-state index in [4.69, 9.17) is 5.73 Å². The lowest BCUT2D eigenvalue weighted by Crippen LogP contribution is -2.11. The van der Waals surface area contributed by atoms with E-state index in [9.17, 15) is 9.18 Å². The number of nitrogens with one attached hydrogen (secondary N) is 1. The molecular formula is C11H10FN3OS. The summed E-state index contributed by atoms with van der Waals surface area (Å²) in [6.07, 6.45) is 0. The van der Waals surface area contributed by atoms with E-state index < -0.39 is 11.7 Å². The van der Waals surface area contributed by atoms with Gasteiger partial charge < -0.3 is 5.73 Å². The van der Waals surface area contributed by atoms with E-state index in [-0.39, 0.29) is 5.56 Å². The normalized spacial score (nSPS) is 10.2. The van der Waals surface area contributed by atoms with Gasteiger partial charge in [-0.05, 0) is 25.1 Å². The number of hydrogen-bond acceptors (Lipinski definition) is 4. The van der Waals surface area contributed by atoms with Crippen molar-refractivity contribution >= 4 is 27.4 Å². The number of carbonyl (C=O) groups is 1. The van der Waals surface area contributed by atoms with Crippen LogP contribution in [-0.4, -0.2) is 10.9 Å². The van der Waals surface area contributed by atoms with Crippen LogP contribution in [0.15, 0.2) is 24.3 Å². The van der Waals surface area contributed by atoms with Crippen molar-refractivity contribution in [2.45, 2.75) is 6.92 Å². The minimum absolute atomic E-state index is 0.247. The topological polar surface area (TPSA) is 68.0 Å². The molecule has 1 amide bonds. The van der Waals surface area contributed by atoms with Crippen molar-refractivity contribution in [1.82, 2.24) is 4.98 Å². The van der Waals surface area contributed by atoms with Crippen LogP contribution >= 0.6 is 11.3 Å². The third-order valence-electron chi connectivity index (χ3n) is 2.14. The maximum Gasteiger partial charge on any atom is 0.257 e. The summed E-state index contributed by atoms with van der Waals surface area (Å²) in [6.45, 7) is 1.75. The molecule has 0 aliphatic rings. The lowest BCUT2D eigenvalue weighted by molar-refractivity contribution is 0.102. The van der Waals surface area contributed by atoms with Crippen LogP contribution in [0.3, 0.4) is 0 Å². The molecule has 2 rings (SSSR count). The molecule has 0 bridgehead atoms. The predicted octanol–water partition coefficient (Wildman–Crippen LogP) is 2.43. The maximum absolute atomic E-state index is 12.9. The summed E-state index contributed by atoms with van der Waals surface area (Å²) in [5.74, 6) is -0.856. The zero-order chi connectivity index (χ0) is 12.4. The summed E-state index contributed by atoms with van der Waals surface area (Å²) in [5, 5.41) is 3.54. The molecule has 0 radical (unpaired) electrons. The van der Waals surface area contributed by atoms with E-state index >= 15 is 0 Å². The molecule has 3 N–H and O–H groups in total. The van der Waals surface area contributed by atoms with Crippen LogP contribution < -0.4 is 11.1 Å². The predicted molar refractivity (Wildman–Crippen MR) is 65.6 cm³/mol. The van der Waals surface area contributed by atoms with E-state index in [1.807, 2.05) is 0 Å². The maximum atomic E-state index is 12.9. The van der Waals surface area contributed by atoms with Crippen molar-refractivity contribution in [1.29, 1.82) is 0 Å². The summed E-state index contributed by atoms with van der Waals surface area (Å²) in [5.41, 5.74) is 6.54. The number of anilines is 2. The summed E-state index contributed by atoms with van der Waals surface area (Å²) in [7, 11) is 0. The smallest absolute Gasteiger partial charge is 0.257 e. The molecule has 4 nitrogen and oxygen atoms in total. The third-order valence-corrected chi connectivity index (χ3v) is 3.04. The third kappa shape index (κ3) is 2.59. The van der Waals surface area contributed by atoms with Crippen LogP contribution in [0.2, 0.25) is 0 Å². The van der Waals surface area contributed by atoms with Crippen molar-refractivity contribution in [2.75, 3.05) is 11.1 Å². The first kappa shape index (κ1) is 11.5. The Morgan fingerprint density at radius 2 is 2.29 bits per heavy atom. The Morgan fingerprint density at radius 1 is 1.53 bits per heavy atom. The molecule has 1 heterocycles. The van der Waals surface area contributed by atoms with E-state index in [0.717, 1.165) is 0 Å². The SMILES string of the molecule is Cc1nc(NC(=O)c2cccc(F)c2)sc1N. The van der Waals surface area contributed by atoms with Gasteiger partial charge in [-0.2, -0.15) is 0 Å². The van der Waals surface area contributed by atoms with E-state index in [0.29, 0.717) is 15.8 Å². The molecule has 0 saturated heterocycles. The summed E-state index contributed by atoms with van der Waals surface area (Å²) >= 11 is 1.18. The zero-order valence-electron chi connectivity index (χ0n) is 9.03. The van der Waals surface area contributed by atoms with Gasteiger partial charge in [-0.1, -0.05) is 17.4 Å². The van der Waals surface area contributed by atoms with Crippen molar-refractivity contribution in [2.24, 2.45) is 0 Å². The number of aryl methyl sites for hydroxylation is 1. The number of nitrogens with zero attached hydrogens (tertiary/aromatic N) is 1. The highest BCUT2D eigenvalue weighted by molar-refractivity contribution is 7.19. The highest BCUT2D eigenvalue weighted by Crippen LogP contribution is 2.24. The van der Waals surface area contributed by atoms with Crippen molar-refractivity contribution in [3.63, 3.8) is 0 Å². The molecule has 17 heavy (non-hydrogen) atoms. The van der Waals surface area contributed by atoms with E-state index in [1.54, 1.807) is 6.92 Å². The number of benzene rings is 1. The molecule has 0 spiro atoms. The second kappa shape index (κ2) is 4.50. The second-order valence-electron chi connectivity index (χ2n) is 3.43. The lowest BCUT2D eigenvalue weighted by Gasteiger charge is -2.01. The van der Waals surface area contributed by atoms with Gasteiger partial charge >= 0.3 is 0 Å². The first-order chi connectivity index (χ1) is 8.06. The molecule has 6 heteroatoms. The Kier molecular flexibility index (Phi) is 3.06. The highest BCUT2D eigenvalue weighted by atomic mass is 32.1. The van der Waals surface area contributed by atoms with E-state index in [2.05, 4.69) is 10.3 Å². The molecular weight excluding hydrogens is 241 g/mol. The Labute approximate surface area is 101 Å². The van der Waals surface area contributed by atoms with Crippen LogP contribution in [0.5, 0.6) is 0 Å². The number of thiazole rings is 1. The van der Waals surface area contributed by atoms with Gasteiger partial charge in [-0.15, -0.1) is 0 Å². The van der Waals surface area contributed by atoms with Crippen LogP contribution in [0.1, 0.15) is 16.1 Å². The van der Waals surface area contributed by atoms with Crippen molar-refractivity contribution < 1.29 is 9.18 Å². The fourth-order valence-electron chi connectivity index (χ4n) is 1.26. The number of amides is 1. The first-order valence-corrected chi connectivity index (χ1v) is 5.68. The minimum Gasteiger partial charge on any atom is -0.389 e. The molecule has 0 atom stereocenters. The van der Waals surface area contributed by atoms with Gasteiger partial charge in [-0.25, -0.2) is 9.37 Å². The van der Waals surface area contributed by atoms with Crippen LogP contribution in [0.25, 0.3) is 0 Å². The van der Waals surface area contributed by atoms with Gasteiger partial charge in [0, 0.05) is 5.56 Å². The average molecular weight is 251 g/mol. The fourth-order valence-corrected chi connectivity index (χ4v) is 1.99. The first-order valence-electron chi connectivity index (χ1n) is 4.86. The van der Waals surface area contributed by atoms with Crippen LogP contribution in [-0.2, 0) is 0 Å². The van der Waals surface area contributed by atoms with Crippen molar-refractivity contribution in [3.8, 4) is 0 Å². The standard InChI is InChI=1S/C11H10FN3OS/c1-6-9(13)17-11(14-6)15-10(16)7-3-2-4-8(12)5-7/h2-5H,13H2,1H3,(H,14,15,16). The van der Waals surface area contributed by atoms with Crippen molar-refractivity contribution in [3.05, 3.63) is 41.3 Å². The number of hydrogen-bond donors (Lipinski definition) is 2. The molecule has 1 aromatic carbocycles. The van der Waals surface area contributed by atoms with Crippen LogP contribution in [0.4, 0.5) is 14.5 Å². The van der Waals surface area contributed by atoms with Gasteiger partial charge in [0.1, 0.15) is 10.8 Å². The summed E-state index contributed by atoms with van der Waals surface area (Å²) in [6, 6.07) is 5.45. The van der Waals surface area contributed by atoms with Gasteiger partial charge in [0.2, 0.25) is 0 Å². The summed E-state index contributed by atoms with van der Waals surface area (Å²) < 4.78 is 12.9. The van der Waals surface area contributed by atoms with E-state index in [1.165, 1.54) is 35.6 Å². The number of halogens is 1. The molecule has 0 aliphatic heterocycles. The Morgan fingerprint density at radius 3 is 2.88 bits per heavy atom. The zero-order valence-corrected chi connectivity index (χ0v) is 9.84. The number of nitrogen functional groups attached to an aromatic ring is 1. The van der Waals surface area contributed by atoms with Gasteiger partial charge in [0.15, 0.2) is 5.13 Å².